The molecule has 0 fully saturated rings. The molecule has 0 aliphatic carbocycles. The van der Waals surface area contributed by atoms with Gasteiger partial charge < -0.3 is 20.7 Å². The van der Waals surface area contributed by atoms with Gasteiger partial charge in [-0.25, -0.2) is 19.3 Å². The van der Waals surface area contributed by atoms with Crippen molar-refractivity contribution >= 4 is 22.8 Å². The average Bonchev–Trinajstić information content (AvgIpc) is 3.13. The Bertz CT molecular complexity index is 997. The smallest absolute Gasteiger partial charge is 0.394 e. The Kier molecular flexibility index (Phi) is 5.40. The molecule has 0 spiro atoms. The lowest BCUT2D eigenvalue weighted by molar-refractivity contribution is -0.139. The molecule has 0 aromatic carbocycles. The summed E-state index contributed by atoms with van der Waals surface area (Å²) in [6.45, 7) is -2.45. The Hall–Kier alpha value is -3.28. The average molecular weight is 400 g/mol. The van der Waals surface area contributed by atoms with E-state index in [-0.39, 0.29) is 7.25 Å². The molecule has 0 aliphatic heterocycles. The number of amides is 1. The van der Waals surface area contributed by atoms with Gasteiger partial charge in [0.2, 0.25) is 5.91 Å². The highest BCUT2D eigenvalue weighted by Crippen LogP contribution is 2.25. The molecule has 3 aromatic heterocycles. The Morgan fingerprint density at radius 1 is 1.32 bits per heavy atom. The molecule has 28 heavy (non-hydrogen) atoms. The van der Waals surface area contributed by atoms with Crippen LogP contribution in [0, 0.1) is 5.82 Å². The molecule has 0 radical (unpaired) electrons. The van der Waals surface area contributed by atoms with Crippen molar-refractivity contribution in [3.63, 3.8) is 0 Å². The minimum absolute atomic E-state index is 0. The number of pyridine rings is 1. The molecule has 0 bridgehead atoms. The SMILES string of the molecule is O=C(NCC(F)(F)F)[C@H](CO)Nc1nc(-c2ccnc3[nH]ccc23)ncc1F.[HH]. The third kappa shape index (κ3) is 4.34. The highest BCUT2D eigenvalue weighted by molar-refractivity contribution is 5.91. The van der Waals surface area contributed by atoms with E-state index in [2.05, 4.69) is 25.3 Å². The molecule has 1 amide bonds. The topological polar surface area (TPSA) is 116 Å². The lowest BCUT2D eigenvalue weighted by Crippen LogP contribution is -2.45. The standard InChI is InChI=1S/C16H14F4N6O2.H2/c17-10-5-23-13(9-2-4-22-12-8(9)1-3-21-12)26-14(10)25-11(6-27)15(28)24-7-16(18,19)20;/h1-5,11,27H,6-7H2,(H,21,22)(H,24,28)(H,23,25,26);1H/t11-;/m0./s1. The molecular weight excluding hydrogens is 384 g/mol. The van der Waals surface area contributed by atoms with Crippen molar-refractivity contribution in [2.45, 2.75) is 12.2 Å². The molecule has 150 valence electrons. The van der Waals surface area contributed by atoms with Gasteiger partial charge in [0.15, 0.2) is 17.5 Å². The maximum Gasteiger partial charge on any atom is 0.405 e. The van der Waals surface area contributed by atoms with Crippen molar-refractivity contribution in [3.05, 3.63) is 36.5 Å². The monoisotopic (exact) mass is 400 g/mol. The van der Waals surface area contributed by atoms with E-state index >= 15 is 0 Å². The number of nitrogens with zero attached hydrogens (tertiary/aromatic N) is 3. The zero-order valence-corrected chi connectivity index (χ0v) is 14.1. The lowest BCUT2D eigenvalue weighted by atomic mass is 10.2. The molecule has 8 nitrogen and oxygen atoms in total. The van der Waals surface area contributed by atoms with Crippen LogP contribution in [0.25, 0.3) is 22.4 Å². The number of carbonyl (C=O) groups is 1. The van der Waals surface area contributed by atoms with E-state index in [1.165, 1.54) is 6.20 Å². The number of aliphatic hydroxyl groups excluding tert-OH is 1. The van der Waals surface area contributed by atoms with Gasteiger partial charge in [-0.2, -0.15) is 13.2 Å². The van der Waals surface area contributed by atoms with Gasteiger partial charge in [0.25, 0.3) is 0 Å². The summed E-state index contributed by atoms with van der Waals surface area (Å²) >= 11 is 0. The van der Waals surface area contributed by atoms with Gasteiger partial charge in [0.1, 0.15) is 18.2 Å². The summed E-state index contributed by atoms with van der Waals surface area (Å²) in [5, 5.41) is 13.9. The van der Waals surface area contributed by atoms with Crippen LogP contribution in [0.15, 0.2) is 30.7 Å². The zero-order valence-electron chi connectivity index (χ0n) is 14.1. The van der Waals surface area contributed by atoms with E-state index in [1.54, 1.807) is 23.6 Å². The van der Waals surface area contributed by atoms with Crippen molar-refractivity contribution in [1.29, 1.82) is 0 Å². The molecular formula is C16H16F4N6O2. The number of hydrogen-bond acceptors (Lipinski definition) is 6. The molecule has 1 atom stereocenters. The molecule has 12 heteroatoms. The Morgan fingerprint density at radius 3 is 2.82 bits per heavy atom. The van der Waals surface area contributed by atoms with Crippen LogP contribution in [0.4, 0.5) is 23.4 Å². The highest BCUT2D eigenvalue weighted by Gasteiger charge is 2.30. The molecule has 0 unspecified atom stereocenters. The number of aromatic amines is 1. The predicted octanol–water partition coefficient (Wildman–Crippen LogP) is 1.86. The quantitative estimate of drug-likeness (QED) is 0.470. The molecule has 3 rings (SSSR count). The number of alkyl halides is 3. The van der Waals surface area contributed by atoms with Crippen LogP contribution in [-0.4, -0.2) is 56.3 Å². The van der Waals surface area contributed by atoms with E-state index in [0.29, 0.717) is 16.6 Å². The first-order valence-corrected chi connectivity index (χ1v) is 7.95. The van der Waals surface area contributed by atoms with Gasteiger partial charge in [-0.15, -0.1) is 0 Å². The van der Waals surface area contributed by atoms with Crippen LogP contribution < -0.4 is 10.6 Å². The number of aromatic nitrogens is 4. The third-order valence-electron chi connectivity index (χ3n) is 3.72. The van der Waals surface area contributed by atoms with Crippen molar-refractivity contribution in [2.75, 3.05) is 18.5 Å². The number of rotatable bonds is 6. The number of H-pyrrole nitrogens is 1. The van der Waals surface area contributed by atoms with Crippen LogP contribution in [0.2, 0.25) is 0 Å². The second kappa shape index (κ2) is 7.76. The van der Waals surface area contributed by atoms with Crippen LogP contribution in [-0.2, 0) is 4.79 Å². The van der Waals surface area contributed by atoms with Crippen molar-refractivity contribution in [1.82, 2.24) is 25.3 Å². The van der Waals surface area contributed by atoms with Crippen molar-refractivity contribution in [2.24, 2.45) is 0 Å². The molecule has 3 aromatic rings. The minimum Gasteiger partial charge on any atom is -0.394 e. The van der Waals surface area contributed by atoms with Crippen LogP contribution in [0.1, 0.15) is 1.43 Å². The number of anilines is 1. The normalized spacial score (nSPS) is 12.8. The second-order valence-corrected chi connectivity index (χ2v) is 5.70. The Balaban J connectivity index is 0.00000300. The first-order chi connectivity index (χ1) is 13.3. The van der Waals surface area contributed by atoms with E-state index in [0.717, 1.165) is 6.20 Å². The summed E-state index contributed by atoms with van der Waals surface area (Å²) in [4.78, 5) is 26.7. The maximum absolute atomic E-state index is 14.1. The molecule has 4 N–H and O–H groups in total. The van der Waals surface area contributed by atoms with Crippen molar-refractivity contribution < 1.29 is 28.9 Å². The van der Waals surface area contributed by atoms with Gasteiger partial charge in [0.05, 0.1) is 12.8 Å². The summed E-state index contributed by atoms with van der Waals surface area (Å²) < 4.78 is 50.8. The highest BCUT2D eigenvalue weighted by atomic mass is 19.4. The zero-order chi connectivity index (χ0) is 20.3. The Morgan fingerprint density at radius 2 is 2.11 bits per heavy atom. The third-order valence-corrected chi connectivity index (χ3v) is 3.72. The van der Waals surface area contributed by atoms with E-state index in [9.17, 15) is 27.5 Å². The van der Waals surface area contributed by atoms with Gasteiger partial charge in [-0.1, -0.05) is 0 Å². The number of nitrogens with one attached hydrogen (secondary N) is 3. The predicted molar refractivity (Wildman–Crippen MR) is 92.8 cm³/mol. The molecule has 3 heterocycles. The van der Waals surface area contributed by atoms with Crippen molar-refractivity contribution in [3.8, 4) is 11.4 Å². The number of aliphatic hydroxyl groups is 1. The second-order valence-electron chi connectivity index (χ2n) is 5.70. The molecule has 0 aliphatic rings. The van der Waals surface area contributed by atoms with Gasteiger partial charge in [-0.3, -0.25) is 4.79 Å². The van der Waals surface area contributed by atoms with Crippen LogP contribution in [0.5, 0.6) is 0 Å². The summed E-state index contributed by atoms with van der Waals surface area (Å²) in [5.74, 6) is -2.43. The number of hydrogen-bond donors (Lipinski definition) is 4. The van der Waals surface area contributed by atoms with E-state index < -0.39 is 42.9 Å². The lowest BCUT2D eigenvalue weighted by Gasteiger charge is -2.18. The number of halogens is 4. The number of fused-ring (bicyclic) bond motifs is 1. The Labute approximate surface area is 156 Å². The molecule has 0 saturated carbocycles. The van der Waals surface area contributed by atoms with Gasteiger partial charge in [0, 0.05) is 24.8 Å². The van der Waals surface area contributed by atoms with E-state index in [1.807, 2.05) is 0 Å². The summed E-state index contributed by atoms with van der Waals surface area (Å²) in [7, 11) is 0. The fourth-order valence-corrected chi connectivity index (χ4v) is 2.42. The number of carbonyl (C=O) groups excluding carboxylic acids is 1. The summed E-state index contributed by atoms with van der Waals surface area (Å²) in [6, 6.07) is 1.79. The maximum atomic E-state index is 14.1. The van der Waals surface area contributed by atoms with E-state index in [4.69, 9.17) is 0 Å². The molecule has 0 saturated heterocycles. The first kappa shape index (κ1) is 19.5. The minimum atomic E-state index is -4.62. The van der Waals surface area contributed by atoms with Crippen LogP contribution in [0.3, 0.4) is 0 Å². The summed E-state index contributed by atoms with van der Waals surface area (Å²) in [6.07, 6.45) is -0.621. The van der Waals surface area contributed by atoms with Gasteiger partial charge in [-0.05, 0) is 12.1 Å². The first-order valence-electron chi connectivity index (χ1n) is 7.95. The fourth-order valence-electron chi connectivity index (χ4n) is 2.42. The summed E-state index contributed by atoms with van der Waals surface area (Å²) in [5.41, 5.74) is 1.08. The van der Waals surface area contributed by atoms with Crippen LogP contribution >= 0.6 is 0 Å². The van der Waals surface area contributed by atoms with Gasteiger partial charge >= 0.3 is 6.18 Å². The fraction of sp³-hybridized carbons (Fsp3) is 0.250. The largest absolute Gasteiger partial charge is 0.405 e.